The highest BCUT2D eigenvalue weighted by molar-refractivity contribution is 5.90. The van der Waals surface area contributed by atoms with E-state index in [1.165, 1.54) is 0 Å². The SMILES string of the molecule is CCC(CC)(C(=O)C1CCCOC1)N(C)C. The first-order chi connectivity index (χ1) is 7.58. The molecule has 1 heterocycles. The third-order valence-electron chi connectivity index (χ3n) is 4.02. The highest BCUT2D eigenvalue weighted by Crippen LogP contribution is 2.29. The summed E-state index contributed by atoms with van der Waals surface area (Å²) >= 11 is 0. The molecule has 0 aromatic heterocycles. The summed E-state index contributed by atoms with van der Waals surface area (Å²) in [5.74, 6) is 0.484. The minimum Gasteiger partial charge on any atom is -0.381 e. The lowest BCUT2D eigenvalue weighted by atomic mass is 9.78. The average molecular weight is 227 g/mol. The molecule has 0 aromatic carbocycles. The van der Waals surface area contributed by atoms with Gasteiger partial charge in [-0.1, -0.05) is 13.8 Å². The van der Waals surface area contributed by atoms with Gasteiger partial charge in [0.1, 0.15) is 0 Å². The molecule has 0 radical (unpaired) electrons. The van der Waals surface area contributed by atoms with E-state index in [0.29, 0.717) is 12.4 Å². The van der Waals surface area contributed by atoms with E-state index in [-0.39, 0.29) is 11.5 Å². The number of ether oxygens (including phenoxy) is 1. The van der Waals surface area contributed by atoms with Crippen molar-refractivity contribution in [2.24, 2.45) is 5.92 Å². The molecule has 1 fully saturated rings. The van der Waals surface area contributed by atoms with Gasteiger partial charge in [-0.05, 0) is 39.8 Å². The minimum atomic E-state index is -0.286. The summed E-state index contributed by atoms with van der Waals surface area (Å²) in [5, 5.41) is 0. The summed E-state index contributed by atoms with van der Waals surface area (Å²) in [7, 11) is 4.02. The van der Waals surface area contributed by atoms with Crippen LogP contribution in [0.25, 0.3) is 0 Å². The predicted octanol–water partition coefficient (Wildman–Crippen LogP) is 2.10. The van der Waals surface area contributed by atoms with Gasteiger partial charge in [0.2, 0.25) is 0 Å². The van der Waals surface area contributed by atoms with Crippen LogP contribution in [0.1, 0.15) is 39.5 Å². The van der Waals surface area contributed by atoms with Gasteiger partial charge >= 0.3 is 0 Å². The minimum absolute atomic E-state index is 0.107. The van der Waals surface area contributed by atoms with Gasteiger partial charge in [-0.25, -0.2) is 0 Å². The van der Waals surface area contributed by atoms with E-state index in [4.69, 9.17) is 4.74 Å². The molecular weight excluding hydrogens is 202 g/mol. The molecule has 3 heteroatoms. The molecule has 0 bridgehead atoms. The van der Waals surface area contributed by atoms with Gasteiger partial charge < -0.3 is 4.74 Å². The lowest BCUT2D eigenvalue weighted by Crippen LogP contribution is -2.53. The summed E-state index contributed by atoms with van der Waals surface area (Å²) in [6.45, 7) is 5.64. The van der Waals surface area contributed by atoms with Crippen molar-refractivity contribution in [1.29, 1.82) is 0 Å². The second-order valence-corrected chi connectivity index (χ2v) is 4.91. The van der Waals surface area contributed by atoms with E-state index < -0.39 is 0 Å². The Kier molecular flexibility index (Phi) is 4.93. The fourth-order valence-electron chi connectivity index (χ4n) is 2.78. The maximum absolute atomic E-state index is 12.6. The average Bonchev–Trinajstić information content (AvgIpc) is 2.32. The third kappa shape index (κ3) is 2.46. The molecule has 0 amide bonds. The van der Waals surface area contributed by atoms with E-state index in [2.05, 4.69) is 18.7 Å². The highest BCUT2D eigenvalue weighted by atomic mass is 16.5. The molecule has 0 aromatic rings. The summed E-state index contributed by atoms with van der Waals surface area (Å²) in [6.07, 6.45) is 3.78. The molecule has 0 N–H and O–H groups in total. The van der Waals surface area contributed by atoms with Crippen molar-refractivity contribution in [3.05, 3.63) is 0 Å². The molecular formula is C13H25NO2. The predicted molar refractivity (Wildman–Crippen MR) is 65.6 cm³/mol. The van der Waals surface area contributed by atoms with Crippen molar-refractivity contribution < 1.29 is 9.53 Å². The summed E-state index contributed by atoms with van der Waals surface area (Å²) < 4.78 is 5.43. The van der Waals surface area contributed by atoms with Crippen molar-refractivity contribution in [1.82, 2.24) is 4.90 Å². The van der Waals surface area contributed by atoms with Crippen molar-refractivity contribution in [3.8, 4) is 0 Å². The molecule has 1 unspecified atom stereocenters. The van der Waals surface area contributed by atoms with E-state index in [9.17, 15) is 4.79 Å². The molecule has 0 saturated carbocycles. The van der Waals surface area contributed by atoms with E-state index in [1.54, 1.807) is 0 Å². The van der Waals surface area contributed by atoms with Crippen molar-refractivity contribution in [2.45, 2.75) is 45.1 Å². The molecule has 0 spiro atoms. The number of Topliss-reactive ketones (excluding diaryl/α,β-unsaturated/α-hetero) is 1. The van der Waals surface area contributed by atoms with Crippen LogP contribution in [0.3, 0.4) is 0 Å². The fourth-order valence-corrected chi connectivity index (χ4v) is 2.78. The van der Waals surface area contributed by atoms with Crippen molar-refractivity contribution in [2.75, 3.05) is 27.3 Å². The van der Waals surface area contributed by atoms with Gasteiger partial charge in [-0.15, -0.1) is 0 Å². The van der Waals surface area contributed by atoms with Crippen LogP contribution in [-0.4, -0.2) is 43.5 Å². The first-order valence-electron chi connectivity index (χ1n) is 6.38. The Labute approximate surface area is 99.1 Å². The zero-order valence-electron chi connectivity index (χ0n) is 11.1. The Bertz CT molecular complexity index is 228. The Balaban J connectivity index is 2.81. The first kappa shape index (κ1) is 13.7. The van der Waals surface area contributed by atoms with Crippen LogP contribution >= 0.6 is 0 Å². The molecule has 3 nitrogen and oxygen atoms in total. The quantitative estimate of drug-likeness (QED) is 0.720. The lowest BCUT2D eigenvalue weighted by molar-refractivity contribution is -0.138. The maximum atomic E-state index is 12.6. The molecule has 1 saturated heterocycles. The smallest absolute Gasteiger partial charge is 0.158 e. The number of nitrogens with zero attached hydrogens (tertiary/aromatic N) is 1. The normalized spacial score (nSPS) is 22.4. The van der Waals surface area contributed by atoms with Crippen molar-refractivity contribution in [3.63, 3.8) is 0 Å². The number of carbonyl (C=O) groups excluding carboxylic acids is 1. The van der Waals surface area contributed by atoms with E-state index >= 15 is 0 Å². The van der Waals surface area contributed by atoms with Crippen LogP contribution in [0, 0.1) is 5.92 Å². The Morgan fingerprint density at radius 3 is 2.38 bits per heavy atom. The second kappa shape index (κ2) is 5.78. The van der Waals surface area contributed by atoms with Gasteiger partial charge in [-0.2, -0.15) is 0 Å². The Morgan fingerprint density at radius 1 is 1.38 bits per heavy atom. The number of ketones is 1. The number of rotatable bonds is 5. The maximum Gasteiger partial charge on any atom is 0.158 e. The topological polar surface area (TPSA) is 29.5 Å². The fraction of sp³-hybridized carbons (Fsp3) is 0.923. The van der Waals surface area contributed by atoms with E-state index in [1.807, 2.05) is 14.1 Å². The summed E-state index contributed by atoms with van der Waals surface area (Å²) in [4.78, 5) is 14.7. The number of hydrogen-bond acceptors (Lipinski definition) is 3. The van der Waals surface area contributed by atoms with Crippen LogP contribution in [0.2, 0.25) is 0 Å². The third-order valence-corrected chi connectivity index (χ3v) is 4.02. The molecule has 1 aliphatic rings. The monoisotopic (exact) mass is 227 g/mol. The Hall–Kier alpha value is -0.410. The second-order valence-electron chi connectivity index (χ2n) is 4.91. The molecule has 1 rings (SSSR count). The number of likely N-dealkylation sites (N-methyl/N-ethyl adjacent to an activating group) is 1. The molecule has 1 aliphatic heterocycles. The molecule has 16 heavy (non-hydrogen) atoms. The van der Waals surface area contributed by atoms with Crippen LogP contribution in [0.4, 0.5) is 0 Å². The highest BCUT2D eigenvalue weighted by Gasteiger charge is 2.41. The zero-order valence-corrected chi connectivity index (χ0v) is 11.1. The lowest BCUT2D eigenvalue weighted by Gasteiger charge is -2.40. The van der Waals surface area contributed by atoms with Crippen LogP contribution in [0.15, 0.2) is 0 Å². The Morgan fingerprint density at radius 2 is 2.00 bits per heavy atom. The molecule has 1 atom stereocenters. The van der Waals surface area contributed by atoms with Gasteiger partial charge in [0.05, 0.1) is 12.1 Å². The van der Waals surface area contributed by atoms with Gasteiger partial charge in [0.25, 0.3) is 0 Å². The van der Waals surface area contributed by atoms with Crippen LogP contribution in [0.5, 0.6) is 0 Å². The first-order valence-corrected chi connectivity index (χ1v) is 6.38. The number of hydrogen-bond donors (Lipinski definition) is 0. The van der Waals surface area contributed by atoms with E-state index in [0.717, 1.165) is 32.3 Å². The van der Waals surface area contributed by atoms with Gasteiger partial charge in [0, 0.05) is 12.5 Å². The van der Waals surface area contributed by atoms with Gasteiger partial charge in [-0.3, -0.25) is 9.69 Å². The summed E-state index contributed by atoms with van der Waals surface area (Å²) in [5.41, 5.74) is -0.286. The zero-order chi connectivity index (χ0) is 12.2. The standard InChI is InChI=1S/C13H25NO2/c1-5-13(6-2,14(3)4)12(15)11-8-7-9-16-10-11/h11H,5-10H2,1-4H3. The number of carbonyl (C=O) groups is 1. The van der Waals surface area contributed by atoms with Crippen LogP contribution in [-0.2, 0) is 9.53 Å². The largest absolute Gasteiger partial charge is 0.381 e. The van der Waals surface area contributed by atoms with Crippen molar-refractivity contribution >= 4 is 5.78 Å². The molecule has 94 valence electrons. The van der Waals surface area contributed by atoms with Crippen LogP contribution < -0.4 is 0 Å². The van der Waals surface area contributed by atoms with Gasteiger partial charge in [0.15, 0.2) is 5.78 Å². The summed E-state index contributed by atoms with van der Waals surface area (Å²) in [6, 6.07) is 0. The molecule has 0 aliphatic carbocycles.